The third kappa shape index (κ3) is 12.8. The molecule has 0 bridgehead atoms. The van der Waals surface area contributed by atoms with E-state index in [0.717, 1.165) is 0 Å². The van der Waals surface area contributed by atoms with Crippen LogP contribution in [-0.2, 0) is 0 Å². The first kappa shape index (κ1) is 29.5. The molecule has 0 aliphatic heterocycles. The van der Waals surface area contributed by atoms with E-state index in [9.17, 15) is 28.8 Å². The van der Waals surface area contributed by atoms with E-state index in [2.05, 4.69) is 0 Å². The highest BCUT2D eigenvalue weighted by atomic mass is 16.3. The minimum Gasteiger partial charge on any atom is -0.456 e. The van der Waals surface area contributed by atoms with Gasteiger partial charge in [-0.1, -0.05) is 405 Å². The maximum atomic E-state index is 9.92. The van der Waals surface area contributed by atoms with Crippen molar-refractivity contribution in [2.75, 3.05) is 0 Å². The van der Waals surface area contributed by atoms with Crippen molar-refractivity contribution in [3.63, 3.8) is 0 Å². The second-order valence-corrected chi connectivity index (χ2v) is 27.0. The van der Waals surface area contributed by atoms with Crippen LogP contribution in [0.15, 0.2) is 485 Å². The van der Waals surface area contributed by atoms with Crippen LogP contribution < -0.4 is 0 Å². The van der Waals surface area contributed by atoms with Gasteiger partial charge in [-0.05, 0) is 253 Å². The van der Waals surface area contributed by atoms with Gasteiger partial charge in [0.25, 0.3) is 0 Å². The fourth-order valence-electron chi connectivity index (χ4n) is 15.2. The van der Waals surface area contributed by atoms with Crippen LogP contribution in [0.4, 0.5) is 0 Å². The van der Waals surface area contributed by atoms with Gasteiger partial charge in [-0.2, -0.15) is 0 Å². The smallest absolute Gasteiger partial charge is 0.136 e. The molecule has 0 fully saturated rings. The summed E-state index contributed by atoms with van der Waals surface area (Å²) in [6, 6.07) is -73.8. The lowest BCUT2D eigenvalue weighted by atomic mass is 9.83. The molecule has 0 aliphatic carbocycles. The minimum absolute atomic E-state index is 0.388. The van der Waals surface area contributed by atoms with Crippen LogP contribution in [0.25, 0.3) is 252 Å². The van der Waals surface area contributed by atoms with Gasteiger partial charge in [-0.3, -0.25) is 0 Å². The van der Waals surface area contributed by atoms with Crippen LogP contribution in [0.2, 0.25) is 0 Å². The SMILES string of the molecule is [2H]c1c([2H])c([2H])c(-c2c([2H])c(-c3c([2H])c([2H])c([2H])c([2H])c3[2H])c([2H])c(-c3c([2H])c([2H])c(-c4c5c([2H])c([2H])c([2H])c([2H])c5c(-c5c([2H])c([2H])c([2H])c6oc7c([2H])c([2H])c([2H])c([2H])c7c56)c5c([2H])c([2H])c([2H])c([2H])c45)c([2H])c3[2H])c2[2H])c([2H])c1[2H].[2H]c1c([2H])c([2H])c(-c2c([2H])c(-c3c4c([2H])c([2H])c([2H])c([2H])c4c(-c4c([2H])c([2H])c([2H])c5oc6c([2H])c([2H])c([2H])c([2H])c6c45)c4c([2H])c([2H])c([2H])c([2H])c34)c3c([2H])c([2H])c([2H])c([2H])c3c2[2H])c([2H])c1[2H].[2H]c1c([2H])c([2H])c(-c2c3c([2H])c([2H])c([2H])c([2H])c3c(-c3c([2H])c([2H])c([2H])c4oc5c([2H])c([2H])c([2H])c([2H])c5c34)c3c([2H])c([2H])c([2H])c([2H])c23)c([2H])c1[2H]. The van der Waals surface area contributed by atoms with Crippen LogP contribution in [0, 0.1) is 0 Å². The fraction of sp³-hybridized carbons (Fsp3) is 0. The van der Waals surface area contributed by atoms with Gasteiger partial charge < -0.3 is 13.3 Å². The summed E-state index contributed by atoms with van der Waals surface area (Å²) in [5, 5.41) is -12.8. The summed E-state index contributed by atoms with van der Waals surface area (Å²) < 4.78 is 713. The van der Waals surface area contributed by atoms with E-state index in [0.29, 0.717) is 0 Å². The van der Waals surface area contributed by atoms with Crippen LogP contribution in [-0.4, -0.2) is 0 Å². The molecule has 0 amide bonds. The Hall–Kier alpha value is -16.7. The highest BCUT2D eigenvalue weighted by Crippen LogP contribution is 2.53. The summed E-state index contributed by atoms with van der Waals surface area (Å²) in [6.07, 6.45) is 0. The molecule has 0 unspecified atom stereocenters. The molecular weight excluding hydrogens is 1540 g/mol. The Morgan fingerprint density at radius 2 is 0.339 bits per heavy atom. The molecule has 3 nitrogen and oxygen atoms in total. The predicted molar refractivity (Wildman–Crippen MR) is 538 cm³/mol. The van der Waals surface area contributed by atoms with Crippen LogP contribution in [0.5, 0.6) is 0 Å². The summed E-state index contributed by atoms with van der Waals surface area (Å²) in [6.45, 7) is 0. The maximum Gasteiger partial charge on any atom is 0.136 e. The molecule has 26 aromatic rings. The van der Waals surface area contributed by atoms with Crippen molar-refractivity contribution in [2.45, 2.75) is 0 Å². The number of hydrogen-bond acceptors (Lipinski definition) is 3. The molecule has 0 saturated carbocycles. The molecule has 0 atom stereocenters. The van der Waals surface area contributed by atoms with Crippen LogP contribution in [0.3, 0.4) is 0 Å². The monoisotopic (exact) mass is 1690 g/mol. The molecule has 0 aliphatic rings. The van der Waals surface area contributed by atoms with Crippen molar-refractivity contribution in [1.29, 1.82) is 0 Å². The second-order valence-electron chi connectivity index (χ2n) is 27.0. The van der Waals surface area contributed by atoms with Crippen molar-refractivity contribution >= 4 is 141 Å². The van der Waals surface area contributed by atoms with Crippen molar-refractivity contribution in [1.82, 2.24) is 0 Å². The molecule has 0 saturated heterocycles. The third-order valence-corrected chi connectivity index (χ3v) is 20.3. The van der Waals surface area contributed by atoms with E-state index < -0.39 is 718 Å². The molecule has 0 N–H and O–H groups in total. The Kier molecular flexibility index (Phi) is 7.27. The van der Waals surface area contributed by atoms with Gasteiger partial charge in [-0.15, -0.1) is 0 Å². The normalized spacial score (nSPS) is 20.2. The van der Waals surface area contributed by atoms with Gasteiger partial charge in [0.05, 0.1) is 107 Å². The Labute approximate surface area is 843 Å². The topological polar surface area (TPSA) is 39.4 Å². The molecule has 0 spiro atoms. The first-order valence-electron chi connectivity index (χ1n) is 76.2. The molecule has 3 heterocycles. The molecular formula is C124H78O3. The van der Waals surface area contributed by atoms with Gasteiger partial charge in [0, 0.05) is 32.3 Å². The van der Waals surface area contributed by atoms with E-state index in [-0.39, 0.29) is 5.39 Å². The van der Waals surface area contributed by atoms with Crippen LogP contribution >= 0.6 is 0 Å². The van der Waals surface area contributed by atoms with E-state index in [1.54, 1.807) is 0 Å². The summed E-state index contributed by atoms with van der Waals surface area (Å²) in [7, 11) is 0. The highest BCUT2D eigenvalue weighted by Gasteiger charge is 2.26. The molecule has 127 heavy (non-hydrogen) atoms. The first-order valence-corrected chi connectivity index (χ1v) is 37.2. The fourth-order valence-corrected chi connectivity index (χ4v) is 15.2. The van der Waals surface area contributed by atoms with Gasteiger partial charge in [-0.25, -0.2) is 0 Å². The zero-order valence-corrected chi connectivity index (χ0v) is 63.2. The molecule has 592 valence electrons. The quantitative estimate of drug-likeness (QED) is 0.128. The Bertz CT molecular complexity index is 13500. The zero-order chi connectivity index (χ0) is 152. The number of furan rings is 3. The van der Waals surface area contributed by atoms with Crippen molar-refractivity contribution in [3.8, 4) is 111 Å². The van der Waals surface area contributed by atoms with Crippen molar-refractivity contribution < 1.29 is 120 Å². The van der Waals surface area contributed by atoms with Gasteiger partial charge in [0.15, 0.2) is 0 Å². The maximum absolute atomic E-state index is 9.92. The Morgan fingerprint density at radius 3 is 0.654 bits per heavy atom. The lowest BCUT2D eigenvalue weighted by molar-refractivity contribution is 0.668. The van der Waals surface area contributed by atoms with Crippen LogP contribution in [0.1, 0.15) is 107 Å². The van der Waals surface area contributed by atoms with Gasteiger partial charge >= 0.3 is 0 Å². The largest absolute Gasteiger partial charge is 0.456 e. The number of hydrogen-bond donors (Lipinski definition) is 0. The van der Waals surface area contributed by atoms with E-state index >= 15 is 0 Å². The van der Waals surface area contributed by atoms with E-state index in [1.807, 2.05) is 0 Å². The summed E-state index contributed by atoms with van der Waals surface area (Å²) in [5.41, 5.74) is -19.4. The highest BCUT2D eigenvalue weighted by molar-refractivity contribution is 6.30. The number of para-hydroxylation sites is 3. The van der Waals surface area contributed by atoms with E-state index in [4.69, 9.17) is 91.4 Å². The second kappa shape index (κ2) is 31.3. The number of benzene rings is 23. The lowest BCUT2D eigenvalue weighted by Gasteiger charge is -2.20. The number of rotatable bonds is 10. The Balaban J connectivity index is 0.000000156. The molecule has 0 radical (unpaired) electrons. The van der Waals surface area contributed by atoms with Gasteiger partial charge in [0.1, 0.15) is 33.5 Å². The zero-order valence-electron chi connectivity index (χ0n) is 141. The minimum atomic E-state index is -1.26. The first-order chi connectivity index (χ1) is 95.5. The molecule has 3 aromatic heterocycles. The third-order valence-electron chi connectivity index (χ3n) is 20.3. The lowest BCUT2D eigenvalue weighted by Crippen LogP contribution is -1.93. The van der Waals surface area contributed by atoms with Crippen molar-refractivity contribution in [2.24, 2.45) is 0 Å². The average molecular weight is 1690 g/mol. The van der Waals surface area contributed by atoms with Crippen molar-refractivity contribution in [3.05, 3.63) is 471 Å². The molecule has 3 heteroatoms. The average Bonchev–Trinajstić information content (AvgIpc) is 1.68. The Morgan fingerprint density at radius 1 is 0.126 bits per heavy atom. The van der Waals surface area contributed by atoms with E-state index in [1.165, 1.54) is 0 Å². The predicted octanol–water partition coefficient (Wildman–Crippen LogP) is 35.5. The van der Waals surface area contributed by atoms with Gasteiger partial charge in [0.2, 0.25) is 0 Å². The summed E-state index contributed by atoms with van der Waals surface area (Å²) >= 11 is 0. The molecule has 23 aromatic carbocycles. The summed E-state index contributed by atoms with van der Waals surface area (Å²) in [5.74, 6) is 0. The summed E-state index contributed by atoms with van der Waals surface area (Å²) in [4.78, 5) is 0. The number of fused-ring (bicyclic) bond motifs is 16. The molecule has 26 rings (SSSR count). The standard InChI is InChI=1S/C50H32O.C42H26O.C32H20O/c1-3-14-33(15-4-1)37-30-38(34-16-5-2-6-17-34)32-39(31-37)35-26-28-36(29-27-35)48-40-18-7-9-20-42(40)49(43-21-10-8-19-41(43)48)45-23-13-25-47-50(45)44-22-11-12-24-46(44)51-47;1-2-13-27(14-3-1)29-25-28-15-4-5-16-30(28)37(26-29)41-33-19-8-6-17-31(33)40(32-18-7-9-20-34(32)41)36-22-12-24-39-42(36)35-21-10-11-23-38(35)43-39;1-2-11-21(12-3-1)30-22-13-4-6-15-24(22)31(25-16-7-5-14-23(25)30)27-18-10-20-29-32(27)26-17-8-9-19-28(26)33-29/h1-32H;1-26H;1-20H/i1D,2D,3D,4D,5D,6D,7D,8D,9D,10D,11D,12D,13D,14D,15D,16D,17D,18D,19D,20D,21D,22D,23D,24D,25D,26D,27D,28D,29D,30D,31D,32D;1D,2D,3D,4D,5D,6D,7D,8D,9D,10D,11D,12D,13D,14D,15D,16D,17D,18D,19D,20D,21D,22D,23D,24D,25D,26D;1D,2D,3D,4D,5D,6D,7D,8D,9D,10D,11D,12D,13D,14D,15D,16D,17D,18D,19D,20D.